The number of nitrogens with one attached hydrogen (secondary N) is 2. The molecule has 10 heteroatoms. The lowest BCUT2D eigenvalue weighted by molar-refractivity contribution is -0.385. The first-order valence-corrected chi connectivity index (χ1v) is 4.64. The Morgan fingerprint density at radius 2 is 1.74 bits per heavy atom. The Bertz CT molecular complexity index is 530. The molecule has 1 aromatic carbocycles. The van der Waals surface area contributed by atoms with Crippen LogP contribution in [0.4, 0.5) is 18.9 Å². The Balaban J connectivity index is 2.80. The van der Waals surface area contributed by atoms with Gasteiger partial charge in [0.15, 0.2) is 0 Å². The summed E-state index contributed by atoms with van der Waals surface area (Å²) in [7, 11) is 0. The van der Waals surface area contributed by atoms with Gasteiger partial charge in [-0.15, -0.1) is 0 Å². The van der Waals surface area contributed by atoms with Crippen LogP contribution in [-0.2, 0) is 4.79 Å². The number of nitrogens with zero attached hydrogens (tertiary/aromatic N) is 1. The molecule has 0 fully saturated rings. The molecule has 19 heavy (non-hydrogen) atoms. The molecule has 1 aromatic rings. The van der Waals surface area contributed by atoms with E-state index < -0.39 is 34.2 Å². The van der Waals surface area contributed by atoms with Crippen molar-refractivity contribution in [3.05, 3.63) is 39.9 Å². The van der Waals surface area contributed by atoms with Gasteiger partial charge in [-0.25, -0.2) is 0 Å². The third-order valence-corrected chi connectivity index (χ3v) is 1.89. The summed E-state index contributed by atoms with van der Waals surface area (Å²) in [5.41, 5.74) is 1.47. The molecule has 0 aliphatic heterocycles. The molecule has 0 radical (unpaired) electrons. The number of carbonyl (C=O) groups is 2. The molecular formula is C9H6F3N3O4. The number of hydrogen-bond donors (Lipinski definition) is 2. The largest absolute Gasteiger partial charge is 0.472 e. The van der Waals surface area contributed by atoms with E-state index >= 15 is 0 Å². The molecule has 7 nitrogen and oxygen atoms in total. The van der Waals surface area contributed by atoms with E-state index in [4.69, 9.17) is 0 Å². The molecule has 0 saturated carbocycles. The first-order chi connectivity index (χ1) is 8.73. The standard InChI is InChI=1S/C9H6F3N3O4/c10-9(11,12)8(17)14-13-7(16)5-3-1-2-4-6(5)15(18)19/h1-4H,(H,13,16)(H,14,17). The highest BCUT2D eigenvalue weighted by Gasteiger charge is 2.39. The number of alkyl halides is 3. The molecule has 0 heterocycles. The zero-order valence-corrected chi connectivity index (χ0v) is 9.02. The van der Waals surface area contributed by atoms with Crippen molar-refractivity contribution in [2.45, 2.75) is 6.18 Å². The highest BCUT2D eigenvalue weighted by molar-refractivity contribution is 5.99. The van der Waals surface area contributed by atoms with Crippen molar-refractivity contribution >= 4 is 17.5 Å². The number of hydrogen-bond acceptors (Lipinski definition) is 4. The smallest absolute Gasteiger partial charge is 0.267 e. The summed E-state index contributed by atoms with van der Waals surface area (Å²) >= 11 is 0. The van der Waals surface area contributed by atoms with Gasteiger partial charge in [0.1, 0.15) is 5.56 Å². The third kappa shape index (κ3) is 3.66. The van der Waals surface area contributed by atoms with Crippen LogP contribution in [0.1, 0.15) is 10.4 Å². The molecule has 0 spiro atoms. The maximum absolute atomic E-state index is 11.8. The fraction of sp³-hybridized carbons (Fsp3) is 0.111. The number of halogens is 3. The second-order valence-electron chi connectivity index (χ2n) is 3.18. The first-order valence-electron chi connectivity index (χ1n) is 4.64. The Morgan fingerprint density at radius 1 is 1.16 bits per heavy atom. The SMILES string of the molecule is O=C(NNC(=O)C(F)(F)F)c1ccccc1[N+](=O)[O-]. The molecule has 2 N–H and O–H groups in total. The van der Waals surface area contributed by atoms with Crippen molar-refractivity contribution in [1.29, 1.82) is 0 Å². The van der Waals surface area contributed by atoms with Crippen molar-refractivity contribution in [2.24, 2.45) is 0 Å². The van der Waals surface area contributed by atoms with Gasteiger partial charge >= 0.3 is 12.1 Å². The van der Waals surface area contributed by atoms with E-state index in [1.54, 1.807) is 0 Å². The first kappa shape index (κ1) is 14.4. The predicted molar refractivity (Wildman–Crippen MR) is 54.8 cm³/mol. The van der Waals surface area contributed by atoms with E-state index in [1.807, 2.05) is 0 Å². The second kappa shape index (κ2) is 5.33. The molecule has 0 bridgehead atoms. The molecular weight excluding hydrogens is 271 g/mol. The molecule has 102 valence electrons. The van der Waals surface area contributed by atoms with Gasteiger partial charge < -0.3 is 0 Å². The predicted octanol–water partition coefficient (Wildman–Crippen LogP) is 0.918. The van der Waals surface area contributed by atoms with Gasteiger partial charge in [0.2, 0.25) is 0 Å². The lowest BCUT2D eigenvalue weighted by atomic mass is 10.2. The lowest BCUT2D eigenvalue weighted by Crippen LogP contribution is -2.47. The minimum atomic E-state index is -5.17. The van der Waals surface area contributed by atoms with Gasteiger partial charge in [-0.2, -0.15) is 13.2 Å². The summed E-state index contributed by atoms with van der Waals surface area (Å²) in [6.07, 6.45) is -5.17. The molecule has 1 rings (SSSR count). The highest BCUT2D eigenvalue weighted by atomic mass is 19.4. The summed E-state index contributed by atoms with van der Waals surface area (Å²) in [6, 6.07) is 4.60. The van der Waals surface area contributed by atoms with Gasteiger partial charge in [-0.05, 0) is 6.07 Å². The van der Waals surface area contributed by atoms with Crippen LogP contribution in [0.15, 0.2) is 24.3 Å². The number of rotatable bonds is 2. The van der Waals surface area contributed by atoms with Crippen LogP contribution in [0, 0.1) is 10.1 Å². The highest BCUT2D eigenvalue weighted by Crippen LogP contribution is 2.17. The quantitative estimate of drug-likeness (QED) is 0.619. The molecule has 0 aliphatic carbocycles. The van der Waals surface area contributed by atoms with Gasteiger partial charge in [0, 0.05) is 6.07 Å². The van der Waals surface area contributed by atoms with E-state index in [1.165, 1.54) is 17.6 Å². The number of nitro benzene ring substituents is 1. The average molecular weight is 277 g/mol. The van der Waals surface area contributed by atoms with Crippen LogP contribution < -0.4 is 10.9 Å². The van der Waals surface area contributed by atoms with Gasteiger partial charge in [-0.1, -0.05) is 12.1 Å². The Morgan fingerprint density at radius 3 is 2.26 bits per heavy atom. The molecule has 2 amide bonds. The normalized spacial score (nSPS) is 10.7. The van der Waals surface area contributed by atoms with Gasteiger partial charge in [0.25, 0.3) is 11.6 Å². The summed E-state index contributed by atoms with van der Waals surface area (Å²) in [5.74, 6) is -3.62. The number of hydrazine groups is 1. The Labute approximate surface area is 103 Å². The van der Waals surface area contributed by atoms with Crippen LogP contribution in [0.25, 0.3) is 0 Å². The third-order valence-electron chi connectivity index (χ3n) is 1.89. The van der Waals surface area contributed by atoms with Crippen LogP contribution in [0.2, 0.25) is 0 Å². The van der Waals surface area contributed by atoms with E-state index in [-0.39, 0.29) is 0 Å². The maximum Gasteiger partial charge on any atom is 0.472 e. The number of para-hydroxylation sites is 1. The summed E-state index contributed by atoms with van der Waals surface area (Å²) < 4.78 is 35.5. The minimum Gasteiger partial charge on any atom is -0.267 e. The number of carbonyl (C=O) groups excluding carboxylic acids is 2. The number of nitro groups is 1. The zero-order valence-electron chi connectivity index (χ0n) is 9.02. The summed E-state index contributed by atoms with van der Waals surface area (Å²) in [6.45, 7) is 0. The minimum absolute atomic E-state index is 0.477. The second-order valence-corrected chi connectivity index (χ2v) is 3.18. The van der Waals surface area contributed by atoms with Crippen LogP contribution in [-0.4, -0.2) is 22.9 Å². The van der Waals surface area contributed by atoms with Crippen molar-refractivity contribution in [3.8, 4) is 0 Å². The molecule has 0 aliphatic rings. The topological polar surface area (TPSA) is 101 Å². The Hall–Kier alpha value is -2.65. The molecule has 0 aromatic heterocycles. The maximum atomic E-state index is 11.8. The van der Waals surface area contributed by atoms with E-state index in [9.17, 15) is 32.9 Å². The number of benzene rings is 1. The van der Waals surface area contributed by atoms with Crippen molar-refractivity contribution in [3.63, 3.8) is 0 Å². The van der Waals surface area contributed by atoms with Gasteiger partial charge in [-0.3, -0.25) is 30.6 Å². The fourth-order valence-corrected chi connectivity index (χ4v) is 1.08. The van der Waals surface area contributed by atoms with E-state index in [2.05, 4.69) is 0 Å². The Kier molecular flexibility index (Phi) is 4.04. The van der Waals surface area contributed by atoms with Crippen molar-refractivity contribution in [1.82, 2.24) is 10.9 Å². The van der Waals surface area contributed by atoms with Crippen molar-refractivity contribution < 1.29 is 27.7 Å². The zero-order chi connectivity index (χ0) is 14.6. The monoisotopic (exact) mass is 277 g/mol. The molecule has 0 atom stereocenters. The lowest BCUT2D eigenvalue weighted by Gasteiger charge is -2.09. The van der Waals surface area contributed by atoms with Crippen molar-refractivity contribution in [2.75, 3.05) is 0 Å². The fourth-order valence-electron chi connectivity index (χ4n) is 1.08. The summed E-state index contributed by atoms with van der Waals surface area (Å²) in [5, 5.41) is 10.6. The average Bonchev–Trinajstić information content (AvgIpc) is 2.34. The molecule has 0 saturated heterocycles. The summed E-state index contributed by atoms with van der Waals surface area (Å²) in [4.78, 5) is 31.5. The van der Waals surface area contributed by atoms with Crippen LogP contribution in [0.3, 0.4) is 0 Å². The van der Waals surface area contributed by atoms with Crippen LogP contribution >= 0.6 is 0 Å². The van der Waals surface area contributed by atoms with E-state index in [0.29, 0.717) is 0 Å². The molecule has 0 unspecified atom stereocenters. The van der Waals surface area contributed by atoms with Gasteiger partial charge in [0.05, 0.1) is 4.92 Å². The number of amides is 2. The van der Waals surface area contributed by atoms with Crippen LogP contribution in [0.5, 0.6) is 0 Å². The van der Waals surface area contributed by atoms with E-state index in [0.717, 1.165) is 17.6 Å².